The Morgan fingerprint density at radius 2 is 2.38 bits per heavy atom. The van der Waals surface area contributed by atoms with Crippen LogP contribution in [0.4, 0.5) is 0 Å². The van der Waals surface area contributed by atoms with Crippen molar-refractivity contribution in [2.24, 2.45) is 5.73 Å². The molecule has 0 aromatic heterocycles. The molecule has 1 aliphatic heterocycles. The lowest BCUT2D eigenvalue weighted by Gasteiger charge is -2.23. The summed E-state index contributed by atoms with van der Waals surface area (Å²) in [6.45, 7) is 1.92. The van der Waals surface area contributed by atoms with Crippen LogP contribution in [-0.4, -0.2) is 42.1 Å². The van der Waals surface area contributed by atoms with Gasteiger partial charge in [-0.1, -0.05) is 0 Å². The van der Waals surface area contributed by atoms with Crippen LogP contribution in [0.2, 0.25) is 0 Å². The summed E-state index contributed by atoms with van der Waals surface area (Å²) in [5.74, 6) is 0.923. The predicted octanol–water partition coefficient (Wildman–Crippen LogP) is -0.111. The van der Waals surface area contributed by atoms with E-state index in [1.165, 1.54) is 0 Å². The van der Waals surface area contributed by atoms with Crippen molar-refractivity contribution < 1.29 is 14.3 Å². The summed E-state index contributed by atoms with van der Waals surface area (Å²) in [5, 5.41) is 2.77. The number of carbonyl (C=O) groups is 2. The Balaban J connectivity index is 2.35. The minimum absolute atomic E-state index is 0.131. The first-order valence-corrected chi connectivity index (χ1v) is 6.61. The van der Waals surface area contributed by atoms with E-state index in [9.17, 15) is 9.59 Å². The fraction of sp³-hybridized carbons (Fsp3) is 0.800. The molecule has 1 fully saturated rings. The molecule has 2 atom stereocenters. The topological polar surface area (TPSA) is 81.4 Å². The summed E-state index contributed by atoms with van der Waals surface area (Å²) in [5.41, 5.74) is 5.47. The van der Waals surface area contributed by atoms with Gasteiger partial charge in [-0.05, 0) is 25.5 Å². The van der Waals surface area contributed by atoms with E-state index in [4.69, 9.17) is 5.73 Å². The number of rotatable bonds is 4. The second kappa shape index (κ2) is 6.75. The number of nitrogens with one attached hydrogen (secondary N) is 1. The van der Waals surface area contributed by atoms with Gasteiger partial charge in [0.15, 0.2) is 6.04 Å². The molecule has 0 aliphatic carbocycles. The van der Waals surface area contributed by atoms with Crippen LogP contribution in [0, 0.1) is 0 Å². The van der Waals surface area contributed by atoms with Crippen molar-refractivity contribution in [1.29, 1.82) is 0 Å². The molecule has 0 radical (unpaired) electrons. The van der Waals surface area contributed by atoms with Crippen molar-refractivity contribution in [3.63, 3.8) is 0 Å². The molecule has 1 amide bonds. The van der Waals surface area contributed by atoms with Crippen molar-refractivity contribution in [3.8, 4) is 0 Å². The third-order valence-electron chi connectivity index (χ3n) is 2.33. The van der Waals surface area contributed by atoms with Crippen LogP contribution in [0.15, 0.2) is 0 Å². The molecule has 3 N–H and O–H groups in total. The molecule has 16 heavy (non-hydrogen) atoms. The molecule has 1 rings (SSSR count). The molecule has 1 saturated heterocycles. The molecule has 0 aromatic carbocycles. The van der Waals surface area contributed by atoms with Crippen molar-refractivity contribution in [2.75, 3.05) is 18.1 Å². The quantitative estimate of drug-likeness (QED) is 0.534. The molecule has 0 saturated carbocycles. The zero-order valence-electron chi connectivity index (χ0n) is 9.40. The Hall–Kier alpha value is -0.750. The molecular formula is C10H18N2O3S. The Morgan fingerprint density at radius 3 is 2.94 bits per heavy atom. The number of esters is 1. The van der Waals surface area contributed by atoms with Gasteiger partial charge in [-0.25, -0.2) is 4.79 Å². The lowest BCUT2D eigenvalue weighted by atomic mass is 10.1. The highest BCUT2D eigenvalue weighted by atomic mass is 32.2. The van der Waals surface area contributed by atoms with Crippen LogP contribution in [0.1, 0.15) is 19.8 Å². The van der Waals surface area contributed by atoms with Crippen molar-refractivity contribution >= 4 is 23.6 Å². The average molecular weight is 246 g/mol. The Morgan fingerprint density at radius 1 is 1.62 bits per heavy atom. The number of thioether (sulfide) groups is 1. The van der Waals surface area contributed by atoms with Gasteiger partial charge in [0, 0.05) is 11.8 Å². The Labute approximate surface area is 99.5 Å². The van der Waals surface area contributed by atoms with Gasteiger partial charge in [0.2, 0.25) is 5.91 Å². The zero-order chi connectivity index (χ0) is 12.0. The van der Waals surface area contributed by atoms with E-state index >= 15 is 0 Å². The smallest absolute Gasteiger partial charge is 0.332 e. The summed E-state index contributed by atoms with van der Waals surface area (Å²) < 4.78 is 4.68. The number of hydrogen-bond acceptors (Lipinski definition) is 5. The van der Waals surface area contributed by atoms with Gasteiger partial charge in [-0.2, -0.15) is 11.8 Å². The van der Waals surface area contributed by atoms with Gasteiger partial charge in [0.1, 0.15) is 0 Å². The van der Waals surface area contributed by atoms with E-state index in [-0.39, 0.29) is 12.6 Å². The first-order valence-electron chi connectivity index (χ1n) is 5.45. The highest BCUT2D eigenvalue weighted by molar-refractivity contribution is 7.99. The lowest BCUT2D eigenvalue weighted by Crippen LogP contribution is -2.51. The Kier molecular flexibility index (Phi) is 5.62. The molecule has 2 unspecified atom stereocenters. The van der Waals surface area contributed by atoms with Gasteiger partial charge >= 0.3 is 5.97 Å². The van der Waals surface area contributed by atoms with E-state index in [2.05, 4.69) is 10.1 Å². The molecule has 5 nitrogen and oxygen atoms in total. The van der Waals surface area contributed by atoms with Gasteiger partial charge in [-0.3, -0.25) is 4.79 Å². The number of ether oxygens (including phenoxy) is 1. The fourth-order valence-electron chi connectivity index (χ4n) is 1.48. The second-order valence-corrected chi connectivity index (χ2v) is 4.80. The number of nitrogens with two attached hydrogens (primary N) is 1. The largest absolute Gasteiger partial charge is 0.464 e. The summed E-state index contributed by atoms with van der Waals surface area (Å²) in [6.07, 6.45) is 2.04. The van der Waals surface area contributed by atoms with Crippen molar-refractivity contribution in [2.45, 2.75) is 31.8 Å². The predicted molar refractivity (Wildman–Crippen MR) is 63.1 cm³/mol. The maximum absolute atomic E-state index is 11.6. The summed E-state index contributed by atoms with van der Waals surface area (Å²) in [7, 11) is 0. The van der Waals surface area contributed by atoms with Crippen LogP contribution < -0.4 is 11.1 Å². The van der Waals surface area contributed by atoms with Crippen LogP contribution in [0.3, 0.4) is 0 Å². The molecule has 0 spiro atoms. The second-order valence-electron chi connectivity index (χ2n) is 3.65. The highest BCUT2D eigenvalue weighted by Crippen LogP contribution is 2.16. The van der Waals surface area contributed by atoms with E-state index in [0.29, 0.717) is 0 Å². The molecule has 0 aromatic rings. The fourth-order valence-corrected chi connectivity index (χ4v) is 2.56. The Bertz CT molecular complexity index is 254. The van der Waals surface area contributed by atoms with E-state index in [1.54, 1.807) is 18.7 Å². The van der Waals surface area contributed by atoms with E-state index < -0.39 is 17.9 Å². The summed E-state index contributed by atoms with van der Waals surface area (Å²) >= 11 is 1.80. The van der Waals surface area contributed by atoms with Gasteiger partial charge in [0.05, 0.1) is 6.61 Å². The van der Waals surface area contributed by atoms with Gasteiger partial charge in [0.25, 0.3) is 0 Å². The van der Waals surface area contributed by atoms with Crippen molar-refractivity contribution in [1.82, 2.24) is 5.32 Å². The van der Waals surface area contributed by atoms with Crippen LogP contribution >= 0.6 is 11.8 Å². The van der Waals surface area contributed by atoms with Gasteiger partial charge < -0.3 is 15.8 Å². The average Bonchev–Trinajstić information content (AvgIpc) is 2.29. The third kappa shape index (κ3) is 4.02. The third-order valence-corrected chi connectivity index (χ3v) is 3.55. The van der Waals surface area contributed by atoms with E-state index in [0.717, 1.165) is 24.3 Å². The number of amides is 1. The molecule has 1 heterocycles. The number of hydrogen-bond donors (Lipinski definition) is 2. The minimum atomic E-state index is -1.20. The monoisotopic (exact) mass is 246 g/mol. The summed E-state index contributed by atoms with van der Waals surface area (Å²) in [6, 6.07) is -1.07. The lowest BCUT2D eigenvalue weighted by molar-refractivity contribution is -0.148. The first-order chi connectivity index (χ1) is 7.65. The minimum Gasteiger partial charge on any atom is -0.464 e. The van der Waals surface area contributed by atoms with Crippen LogP contribution in [0.5, 0.6) is 0 Å². The summed E-state index contributed by atoms with van der Waals surface area (Å²) in [4.78, 5) is 22.8. The van der Waals surface area contributed by atoms with Crippen molar-refractivity contribution in [3.05, 3.63) is 0 Å². The number of carbonyl (C=O) groups excluding carboxylic acids is 2. The maximum atomic E-state index is 11.6. The standard InChI is InChI=1S/C10H18N2O3S/c1-2-15-10(14)8(11)9(13)12-7-4-3-5-16-6-7/h7-8H,2-6,11H2,1H3,(H,12,13). The normalized spacial score (nSPS) is 22.2. The van der Waals surface area contributed by atoms with Crippen LogP contribution in [0.25, 0.3) is 0 Å². The SMILES string of the molecule is CCOC(=O)C(N)C(=O)NC1CCCSC1. The maximum Gasteiger partial charge on any atom is 0.332 e. The first kappa shape index (κ1) is 13.3. The van der Waals surface area contributed by atoms with E-state index in [1.807, 2.05) is 0 Å². The molecular weight excluding hydrogens is 228 g/mol. The van der Waals surface area contributed by atoms with Crippen LogP contribution in [-0.2, 0) is 14.3 Å². The molecule has 1 aliphatic rings. The van der Waals surface area contributed by atoms with Gasteiger partial charge in [-0.15, -0.1) is 0 Å². The molecule has 0 bridgehead atoms. The zero-order valence-corrected chi connectivity index (χ0v) is 10.2. The molecule has 92 valence electrons. The highest BCUT2D eigenvalue weighted by Gasteiger charge is 2.26. The molecule has 6 heteroatoms.